The Morgan fingerprint density at radius 3 is 2.83 bits per heavy atom. The highest BCUT2D eigenvalue weighted by Gasteiger charge is 2.22. The molecule has 1 rings (SSSR count). The van der Waals surface area contributed by atoms with Crippen LogP contribution in [0, 0.1) is 0 Å². The zero-order valence-corrected chi connectivity index (χ0v) is 11.1. The minimum Gasteiger partial charge on any atom is -0.466 e. The lowest BCUT2D eigenvalue weighted by Crippen LogP contribution is -2.34. The monoisotopic (exact) mass is 257 g/mol. The van der Waals surface area contributed by atoms with Gasteiger partial charge in [-0.1, -0.05) is 6.42 Å². The first kappa shape index (κ1) is 15.0. The molecular formula is C13H23NO4. The van der Waals surface area contributed by atoms with Crippen LogP contribution in [0.1, 0.15) is 45.4 Å². The molecule has 0 saturated carbocycles. The Morgan fingerprint density at radius 1 is 1.33 bits per heavy atom. The van der Waals surface area contributed by atoms with Gasteiger partial charge in [-0.15, -0.1) is 0 Å². The van der Waals surface area contributed by atoms with Crippen molar-refractivity contribution in [3.05, 3.63) is 0 Å². The molecule has 1 saturated heterocycles. The Balaban J connectivity index is 1.92. The Hall–Kier alpha value is -1.10. The summed E-state index contributed by atoms with van der Waals surface area (Å²) >= 11 is 0. The number of hydrogen-bond acceptors (Lipinski definition) is 4. The third-order valence-corrected chi connectivity index (χ3v) is 2.88. The topological polar surface area (TPSA) is 64.6 Å². The third kappa shape index (κ3) is 6.00. The van der Waals surface area contributed by atoms with Crippen LogP contribution in [0.5, 0.6) is 0 Å². The van der Waals surface area contributed by atoms with Gasteiger partial charge in [0.2, 0.25) is 5.91 Å². The molecule has 0 spiro atoms. The van der Waals surface area contributed by atoms with Crippen molar-refractivity contribution in [3.8, 4) is 0 Å². The van der Waals surface area contributed by atoms with Crippen molar-refractivity contribution in [3.63, 3.8) is 0 Å². The van der Waals surface area contributed by atoms with E-state index in [1.165, 1.54) is 0 Å². The second-order valence-corrected chi connectivity index (χ2v) is 4.41. The van der Waals surface area contributed by atoms with Crippen molar-refractivity contribution in [2.75, 3.05) is 19.8 Å². The summed E-state index contributed by atoms with van der Waals surface area (Å²) in [5.41, 5.74) is 0. The van der Waals surface area contributed by atoms with Gasteiger partial charge in [0.15, 0.2) is 0 Å². The standard InChI is InChI=1S/C13H23NO4/c1-2-17-12(15)8-4-3-5-9-14-13(16)11-7-6-10-18-11/h11H,2-10H2,1H3,(H,14,16). The Kier molecular flexibility index (Phi) is 7.41. The molecule has 0 radical (unpaired) electrons. The van der Waals surface area contributed by atoms with Gasteiger partial charge in [0.1, 0.15) is 6.10 Å². The van der Waals surface area contributed by atoms with Gasteiger partial charge in [-0.25, -0.2) is 0 Å². The number of nitrogens with one attached hydrogen (secondary N) is 1. The zero-order chi connectivity index (χ0) is 13.2. The van der Waals surface area contributed by atoms with Crippen molar-refractivity contribution >= 4 is 11.9 Å². The number of carbonyl (C=O) groups is 2. The average Bonchev–Trinajstić information content (AvgIpc) is 2.87. The highest BCUT2D eigenvalue weighted by atomic mass is 16.5. The molecule has 1 fully saturated rings. The molecule has 1 N–H and O–H groups in total. The van der Waals surface area contributed by atoms with Gasteiger partial charge in [0.25, 0.3) is 0 Å². The van der Waals surface area contributed by atoms with Gasteiger partial charge >= 0.3 is 5.97 Å². The molecular weight excluding hydrogens is 234 g/mol. The first-order chi connectivity index (χ1) is 8.74. The molecule has 5 nitrogen and oxygen atoms in total. The minimum atomic E-state index is -0.246. The quantitative estimate of drug-likeness (QED) is 0.527. The maximum Gasteiger partial charge on any atom is 0.305 e. The van der Waals surface area contributed by atoms with E-state index in [-0.39, 0.29) is 18.0 Å². The molecule has 1 aliphatic heterocycles. The number of esters is 1. The van der Waals surface area contributed by atoms with Crippen molar-refractivity contribution in [2.24, 2.45) is 0 Å². The van der Waals surface area contributed by atoms with Crippen LogP contribution in [0.15, 0.2) is 0 Å². The smallest absolute Gasteiger partial charge is 0.305 e. The van der Waals surface area contributed by atoms with E-state index in [4.69, 9.17) is 9.47 Å². The van der Waals surface area contributed by atoms with Gasteiger partial charge in [0.05, 0.1) is 6.61 Å². The molecule has 1 aliphatic rings. The van der Waals surface area contributed by atoms with Crippen molar-refractivity contribution in [1.82, 2.24) is 5.32 Å². The second-order valence-electron chi connectivity index (χ2n) is 4.41. The Morgan fingerprint density at radius 2 is 2.17 bits per heavy atom. The van der Waals surface area contributed by atoms with Crippen molar-refractivity contribution < 1.29 is 19.1 Å². The molecule has 0 aromatic heterocycles. The number of carbonyl (C=O) groups excluding carboxylic acids is 2. The maximum atomic E-state index is 11.6. The van der Waals surface area contributed by atoms with Crippen LogP contribution in [-0.4, -0.2) is 37.7 Å². The molecule has 0 aliphatic carbocycles. The largest absolute Gasteiger partial charge is 0.466 e. The molecule has 1 heterocycles. The van der Waals surface area contributed by atoms with Crippen molar-refractivity contribution in [1.29, 1.82) is 0 Å². The van der Waals surface area contributed by atoms with Gasteiger partial charge in [-0.2, -0.15) is 0 Å². The third-order valence-electron chi connectivity index (χ3n) is 2.88. The van der Waals surface area contributed by atoms with E-state index in [9.17, 15) is 9.59 Å². The summed E-state index contributed by atoms with van der Waals surface area (Å²) in [6.45, 7) is 3.59. The van der Waals surface area contributed by atoms with E-state index >= 15 is 0 Å². The number of rotatable bonds is 8. The molecule has 0 aromatic rings. The summed E-state index contributed by atoms with van der Waals surface area (Å²) < 4.78 is 10.1. The molecule has 18 heavy (non-hydrogen) atoms. The van der Waals surface area contributed by atoms with E-state index in [1.807, 2.05) is 0 Å². The van der Waals surface area contributed by atoms with Crippen LogP contribution in [-0.2, 0) is 19.1 Å². The summed E-state index contributed by atoms with van der Waals surface area (Å²) in [6.07, 6.45) is 4.64. The lowest BCUT2D eigenvalue weighted by atomic mass is 10.2. The van der Waals surface area contributed by atoms with Crippen molar-refractivity contribution in [2.45, 2.75) is 51.6 Å². The first-order valence-electron chi connectivity index (χ1n) is 6.79. The van der Waals surface area contributed by atoms with Crippen LogP contribution in [0.4, 0.5) is 0 Å². The fourth-order valence-electron chi connectivity index (χ4n) is 1.91. The van der Waals surface area contributed by atoms with Crippen LogP contribution < -0.4 is 5.32 Å². The minimum absolute atomic E-state index is 0.00195. The predicted molar refractivity (Wildman–Crippen MR) is 67.1 cm³/mol. The number of hydrogen-bond donors (Lipinski definition) is 1. The lowest BCUT2D eigenvalue weighted by molar-refractivity contribution is -0.143. The summed E-state index contributed by atoms with van der Waals surface area (Å²) in [6, 6.07) is 0. The number of ether oxygens (including phenoxy) is 2. The average molecular weight is 257 g/mol. The highest BCUT2D eigenvalue weighted by molar-refractivity contribution is 5.80. The predicted octanol–water partition coefficient (Wildman–Crippen LogP) is 1.41. The van der Waals surface area contributed by atoms with Gasteiger partial charge in [0, 0.05) is 19.6 Å². The molecule has 1 atom stereocenters. The van der Waals surface area contributed by atoms with Gasteiger partial charge in [-0.3, -0.25) is 9.59 Å². The van der Waals surface area contributed by atoms with E-state index in [2.05, 4.69) is 5.32 Å². The van der Waals surface area contributed by atoms with Crippen LogP contribution in [0.3, 0.4) is 0 Å². The molecule has 0 aromatic carbocycles. The van der Waals surface area contributed by atoms with Crippen LogP contribution >= 0.6 is 0 Å². The SMILES string of the molecule is CCOC(=O)CCCCCNC(=O)C1CCCO1. The zero-order valence-electron chi connectivity index (χ0n) is 11.1. The summed E-state index contributed by atoms with van der Waals surface area (Å²) in [5, 5.41) is 2.86. The molecule has 0 bridgehead atoms. The molecule has 1 unspecified atom stereocenters. The Labute approximate surface area is 108 Å². The van der Waals surface area contributed by atoms with Crippen LogP contribution in [0.25, 0.3) is 0 Å². The number of unbranched alkanes of at least 4 members (excludes halogenated alkanes) is 2. The second kappa shape index (κ2) is 8.91. The van der Waals surface area contributed by atoms with E-state index in [0.717, 1.165) is 32.1 Å². The van der Waals surface area contributed by atoms with Crippen LogP contribution in [0.2, 0.25) is 0 Å². The van der Waals surface area contributed by atoms with Gasteiger partial charge in [-0.05, 0) is 32.6 Å². The van der Waals surface area contributed by atoms with Gasteiger partial charge < -0.3 is 14.8 Å². The fourth-order valence-corrected chi connectivity index (χ4v) is 1.91. The summed E-state index contributed by atoms with van der Waals surface area (Å²) in [4.78, 5) is 22.6. The summed E-state index contributed by atoms with van der Waals surface area (Å²) in [5.74, 6) is -0.140. The van der Waals surface area contributed by atoms with E-state index in [0.29, 0.717) is 26.2 Å². The first-order valence-corrected chi connectivity index (χ1v) is 6.79. The summed E-state index contributed by atoms with van der Waals surface area (Å²) in [7, 11) is 0. The maximum absolute atomic E-state index is 11.6. The van der Waals surface area contributed by atoms with E-state index < -0.39 is 0 Å². The van der Waals surface area contributed by atoms with E-state index in [1.54, 1.807) is 6.92 Å². The fraction of sp³-hybridized carbons (Fsp3) is 0.846. The number of amides is 1. The normalized spacial score (nSPS) is 18.6. The molecule has 1 amide bonds. The molecule has 5 heteroatoms. The highest BCUT2D eigenvalue weighted by Crippen LogP contribution is 2.11. The Bertz CT molecular complexity index is 262. The lowest BCUT2D eigenvalue weighted by Gasteiger charge is -2.09. The molecule has 104 valence electrons.